The molecule has 4 rings (SSSR count). The van der Waals surface area contributed by atoms with Crippen LogP contribution in [0.2, 0.25) is 0 Å². The van der Waals surface area contributed by atoms with Crippen molar-refractivity contribution in [1.82, 2.24) is 4.90 Å². The Morgan fingerprint density at radius 2 is 1.60 bits per heavy atom. The molecule has 1 saturated heterocycles. The van der Waals surface area contributed by atoms with Crippen LogP contribution in [-0.4, -0.2) is 18.0 Å². The van der Waals surface area contributed by atoms with E-state index in [0.29, 0.717) is 5.92 Å². The number of nitrogens with zero attached hydrogens (tertiary/aromatic N) is 1. The molecular weight excluding hydrogens is 362 g/mol. The predicted molar refractivity (Wildman–Crippen MR) is 131 cm³/mol. The molecule has 0 spiro atoms. The van der Waals surface area contributed by atoms with Crippen LogP contribution in [0, 0.1) is 13.8 Å². The molecule has 1 aliphatic heterocycles. The van der Waals surface area contributed by atoms with Gasteiger partial charge >= 0.3 is 0 Å². The van der Waals surface area contributed by atoms with Crippen molar-refractivity contribution in [3.8, 4) is 0 Å². The first-order valence-corrected chi connectivity index (χ1v) is 11.8. The first kappa shape index (κ1) is 21.0. The summed E-state index contributed by atoms with van der Waals surface area (Å²) in [6.07, 6.45) is 8.74. The number of piperidine rings is 1. The third kappa shape index (κ3) is 4.13. The minimum Gasteiger partial charge on any atom is -0.371 e. The highest BCUT2D eigenvalue weighted by Gasteiger charge is 2.26. The second-order valence-electron chi connectivity index (χ2n) is 9.47. The van der Waals surface area contributed by atoms with Gasteiger partial charge in [-0.25, -0.2) is 0 Å². The molecule has 30 heavy (non-hydrogen) atoms. The fourth-order valence-corrected chi connectivity index (χ4v) is 5.09. The molecule has 0 atom stereocenters. The van der Waals surface area contributed by atoms with Gasteiger partial charge in [-0.1, -0.05) is 55.0 Å². The van der Waals surface area contributed by atoms with Gasteiger partial charge in [0.15, 0.2) is 0 Å². The number of likely N-dealkylation sites (tertiary alicyclic amines) is 1. The third-order valence-corrected chi connectivity index (χ3v) is 7.54. The summed E-state index contributed by atoms with van der Waals surface area (Å²) in [5.74, 6) is 1.43. The summed E-state index contributed by atoms with van der Waals surface area (Å²) in [4.78, 5) is 2.52. The molecule has 0 unspecified atom stereocenters. The zero-order chi connectivity index (χ0) is 21.3. The van der Waals surface area contributed by atoms with E-state index in [1.165, 1.54) is 71.2 Å². The maximum atomic E-state index is 4.56. The maximum Gasteiger partial charge on any atom is 0.0369 e. The molecule has 2 fully saturated rings. The molecule has 1 saturated carbocycles. The van der Waals surface area contributed by atoms with Crippen LogP contribution < -0.4 is 0 Å². The van der Waals surface area contributed by atoms with E-state index in [2.05, 4.69) is 81.6 Å². The van der Waals surface area contributed by atoms with Crippen LogP contribution in [0.1, 0.15) is 91.2 Å². The summed E-state index contributed by atoms with van der Waals surface area (Å²) in [6, 6.07) is 14.0. The van der Waals surface area contributed by atoms with Gasteiger partial charge in [0.05, 0.1) is 0 Å². The molecule has 0 bridgehead atoms. The van der Waals surface area contributed by atoms with E-state index in [4.69, 9.17) is 0 Å². The standard InChI is InChI=1S/C29H37N/c1-6-21(3)28-19-27(22(4)18-29(28)26-8-7-9-26)23(5)30-16-14-25(15-17-30)24-12-10-20(2)11-13-24/h6,10-13,18-19,25-26H,5,7-9,14-17H2,1-4H3/b21-6+. The van der Waals surface area contributed by atoms with Crippen LogP contribution in [0.15, 0.2) is 49.1 Å². The average molecular weight is 400 g/mol. The first-order chi connectivity index (χ1) is 14.5. The Hall–Kier alpha value is -2.28. The highest BCUT2D eigenvalue weighted by molar-refractivity contribution is 5.74. The molecule has 2 aromatic rings. The fraction of sp³-hybridized carbons (Fsp3) is 0.448. The smallest absolute Gasteiger partial charge is 0.0369 e. The van der Waals surface area contributed by atoms with Gasteiger partial charge in [-0.05, 0) is 99.1 Å². The van der Waals surface area contributed by atoms with Crippen LogP contribution in [-0.2, 0) is 0 Å². The SMILES string of the molecule is C=C(c1cc(/C(C)=C/C)c(C2CCC2)cc1C)N1CCC(c2ccc(C)cc2)CC1. The van der Waals surface area contributed by atoms with E-state index in [1.807, 2.05) is 0 Å². The second-order valence-corrected chi connectivity index (χ2v) is 9.47. The summed E-state index contributed by atoms with van der Waals surface area (Å²) in [5.41, 5.74) is 11.2. The van der Waals surface area contributed by atoms with Crippen LogP contribution in [0.4, 0.5) is 0 Å². The first-order valence-electron chi connectivity index (χ1n) is 11.8. The Morgan fingerprint density at radius 3 is 2.17 bits per heavy atom. The molecule has 1 nitrogen and oxygen atoms in total. The third-order valence-electron chi connectivity index (χ3n) is 7.54. The molecule has 2 aromatic carbocycles. The van der Waals surface area contributed by atoms with Crippen molar-refractivity contribution in [1.29, 1.82) is 0 Å². The van der Waals surface area contributed by atoms with E-state index < -0.39 is 0 Å². The van der Waals surface area contributed by atoms with Crippen molar-refractivity contribution in [3.63, 3.8) is 0 Å². The van der Waals surface area contributed by atoms with E-state index in [1.54, 1.807) is 5.56 Å². The fourth-order valence-electron chi connectivity index (χ4n) is 5.09. The largest absolute Gasteiger partial charge is 0.371 e. The van der Waals surface area contributed by atoms with Gasteiger partial charge in [0.2, 0.25) is 0 Å². The van der Waals surface area contributed by atoms with Gasteiger partial charge in [-0.2, -0.15) is 0 Å². The lowest BCUT2D eigenvalue weighted by atomic mass is 9.76. The van der Waals surface area contributed by atoms with Crippen molar-refractivity contribution < 1.29 is 0 Å². The second kappa shape index (κ2) is 8.84. The van der Waals surface area contributed by atoms with Crippen molar-refractivity contribution in [2.75, 3.05) is 13.1 Å². The zero-order valence-corrected chi connectivity index (χ0v) is 19.3. The lowest BCUT2D eigenvalue weighted by Gasteiger charge is -2.36. The van der Waals surface area contributed by atoms with E-state index in [0.717, 1.165) is 19.0 Å². The Morgan fingerprint density at radius 1 is 0.933 bits per heavy atom. The Balaban J connectivity index is 1.52. The molecule has 1 heterocycles. The molecule has 0 amide bonds. The molecule has 0 radical (unpaired) electrons. The summed E-state index contributed by atoms with van der Waals surface area (Å²) < 4.78 is 0. The topological polar surface area (TPSA) is 3.24 Å². The number of aryl methyl sites for hydroxylation is 2. The minimum absolute atomic E-state index is 0.678. The molecule has 158 valence electrons. The van der Waals surface area contributed by atoms with Crippen LogP contribution in [0.5, 0.6) is 0 Å². The monoisotopic (exact) mass is 399 g/mol. The summed E-state index contributed by atoms with van der Waals surface area (Å²) in [7, 11) is 0. The molecule has 2 aliphatic rings. The Labute approximate surface area is 183 Å². The highest BCUT2D eigenvalue weighted by atomic mass is 15.1. The van der Waals surface area contributed by atoms with E-state index in [-0.39, 0.29) is 0 Å². The quantitative estimate of drug-likeness (QED) is 0.495. The van der Waals surface area contributed by atoms with Crippen molar-refractivity contribution >= 4 is 11.3 Å². The van der Waals surface area contributed by atoms with Crippen LogP contribution >= 0.6 is 0 Å². The highest BCUT2D eigenvalue weighted by Crippen LogP contribution is 2.42. The number of hydrogen-bond donors (Lipinski definition) is 0. The zero-order valence-electron chi connectivity index (χ0n) is 19.3. The van der Waals surface area contributed by atoms with Crippen molar-refractivity contribution in [3.05, 3.63) is 82.4 Å². The van der Waals surface area contributed by atoms with Gasteiger partial charge < -0.3 is 4.90 Å². The van der Waals surface area contributed by atoms with Gasteiger partial charge in [-0.3, -0.25) is 0 Å². The normalized spacial score (nSPS) is 18.4. The molecule has 1 heteroatoms. The predicted octanol–water partition coefficient (Wildman–Crippen LogP) is 7.84. The molecule has 0 aromatic heterocycles. The summed E-state index contributed by atoms with van der Waals surface area (Å²) in [5, 5.41) is 0. The number of allylic oxidation sites excluding steroid dienone is 2. The summed E-state index contributed by atoms with van der Waals surface area (Å²) >= 11 is 0. The molecular formula is C29H37N. The Bertz CT molecular complexity index is 935. The van der Waals surface area contributed by atoms with Gasteiger partial charge in [0, 0.05) is 24.4 Å². The number of benzene rings is 2. The average Bonchev–Trinajstić information content (AvgIpc) is 2.72. The number of rotatable bonds is 5. The molecule has 1 aliphatic carbocycles. The van der Waals surface area contributed by atoms with Gasteiger partial charge in [-0.15, -0.1) is 0 Å². The van der Waals surface area contributed by atoms with Gasteiger partial charge in [0.25, 0.3) is 0 Å². The van der Waals surface area contributed by atoms with Crippen molar-refractivity contribution in [2.24, 2.45) is 0 Å². The maximum absolute atomic E-state index is 4.56. The lowest BCUT2D eigenvalue weighted by Crippen LogP contribution is -2.31. The lowest BCUT2D eigenvalue weighted by molar-refractivity contribution is 0.299. The van der Waals surface area contributed by atoms with Crippen LogP contribution in [0.3, 0.4) is 0 Å². The molecule has 0 N–H and O–H groups in total. The Kier molecular flexibility index (Phi) is 6.18. The van der Waals surface area contributed by atoms with E-state index >= 15 is 0 Å². The number of hydrogen-bond acceptors (Lipinski definition) is 1. The van der Waals surface area contributed by atoms with E-state index in [9.17, 15) is 0 Å². The van der Waals surface area contributed by atoms with Gasteiger partial charge in [0.1, 0.15) is 0 Å². The van der Waals surface area contributed by atoms with Crippen molar-refractivity contribution in [2.45, 2.75) is 71.6 Å². The summed E-state index contributed by atoms with van der Waals surface area (Å²) in [6.45, 7) is 15.6. The minimum atomic E-state index is 0.678. The van der Waals surface area contributed by atoms with Crippen LogP contribution in [0.25, 0.3) is 11.3 Å².